The minimum atomic E-state index is 0. The van der Waals surface area contributed by atoms with Crippen LogP contribution in [-0.4, -0.2) is 34.0 Å². The van der Waals surface area contributed by atoms with Crippen LogP contribution in [0.5, 0.6) is 0 Å². The van der Waals surface area contributed by atoms with Gasteiger partial charge in [0.25, 0.3) is 0 Å². The van der Waals surface area contributed by atoms with Gasteiger partial charge in [0.1, 0.15) is 6.26 Å². The van der Waals surface area contributed by atoms with Gasteiger partial charge in [-0.1, -0.05) is 35.5 Å². The lowest BCUT2D eigenvalue weighted by Gasteiger charge is -2.22. The highest BCUT2D eigenvalue weighted by molar-refractivity contribution is 5.85. The van der Waals surface area contributed by atoms with E-state index in [1.54, 1.807) is 18.6 Å². The number of hydrogen-bond donors (Lipinski definition) is 1. The summed E-state index contributed by atoms with van der Waals surface area (Å²) in [6.45, 7) is 1.76. The van der Waals surface area contributed by atoms with Crippen molar-refractivity contribution in [1.29, 1.82) is 0 Å². The van der Waals surface area contributed by atoms with E-state index in [1.165, 1.54) is 0 Å². The molecule has 0 aliphatic carbocycles. The van der Waals surface area contributed by atoms with E-state index in [1.807, 2.05) is 35.2 Å². The molecule has 0 aliphatic rings. The maximum atomic E-state index is 12.6. The van der Waals surface area contributed by atoms with Crippen molar-refractivity contribution in [1.82, 2.24) is 15.0 Å². The number of hydrogen-bond acceptors (Lipinski definition) is 6. The molecule has 0 saturated carbocycles. The molecule has 0 fully saturated rings. The van der Waals surface area contributed by atoms with E-state index in [0.717, 1.165) is 17.5 Å². The van der Waals surface area contributed by atoms with Crippen molar-refractivity contribution in [3.05, 3.63) is 60.4 Å². The molecular weight excluding hydrogens is 368 g/mol. The average molecular weight is 391 g/mol. The highest BCUT2D eigenvalue weighted by Crippen LogP contribution is 2.16. The lowest BCUT2D eigenvalue weighted by molar-refractivity contribution is -0.131. The minimum absolute atomic E-state index is 0. The Labute approximate surface area is 163 Å². The first-order valence-corrected chi connectivity index (χ1v) is 8.63. The summed E-state index contributed by atoms with van der Waals surface area (Å²) in [6.07, 6.45) is 4.58. The predicted molar refractivity (Wildman–Crippen MR) is 103 cm³/mol. The van der Waals surface area contributed by atoms with Gasteiger partial charge in [-0.3, -0.25) is 4.79 Å². The Morgan fingerprint density at radius 2 is 2.00 bits per heavy atom. The molecule has 2 heterocycles. The number of benzene rings is 1. The van der Waals surface area contributed by atoms with Crippen LogP contribution in [0.1, 0.15) is 24.3 Å². The first-order valence-electron chi connectivity index (χ1n) is 8.63. The molecule has 1 amide bonds. The summed E-state index contributed by atoms with van der Waals surface area (Å²) in [5.41, 5.74) is 7.45. The van der Waals surface area contributed by atoms with Crippen molar-refractivity contribution >= 4 is 18.3 Å². The molecule has 0 bridgehead atoms. The van der Waals surface area contributed by atoms with Gasteiger partial charge in [-0.25, -0.2) is 0 Å². The molecule has 0 unspecified atom stereocenters. The van der Waals surface area contributed by atoms with Crippen molar-refractivity contribution in [3.63, 3.8) is 0 Å². The summed E-state index contributed by atoms with van der Waals surface area (Å²) in [5, 5.41) is 3.91. The molecule has 0 saturated heterocycles. The fourth-order valence-corrected chi connectivity index (χ4v) is 2.62. The van der Waals surface area contributed by atoms with Crippen molar-refractivity contribution in [3.8, 4) is 11.4 Å². The van der Waals surface area contributed by atoms with Crippen molar-refractivity contribution in [2.75, 3.05) is 13.1 Å². The summed E-state index contributed by atoms with van der Waals surface area (Å²) in [6, 6.07) is 11.7. The Morgan fingerprint density at radius 3 is 2.70 bits per heavy atom. The van der Waals surface area contributed by atoms with Gasteiger partial charge < -0.3 is 19.6 Å². The van der Waals surface area contributed by atoms with Gasteiger partial charge in [-0.15, -0.1) is 12.4 Å². The zero-order valence-electron chi connectivity index (χ0n) is 14.9. The average Bonchev–Trinajstić information content (AvgIpc) is 3.35. The van der Waals surface area contributed by atoms with Crippen molar-refractivity contribution < 1.29 is 13.7 Å². The van der Waals surface area contributed by atoms with Gasteiger partial charge in [-0.2, -0.15) is 4.98 Å². The van der Waals surface area contributed by atoms with E-state index >= 15 is 0 Å². The number of carbonyl (C=O) groups is 1. The molecule has 2 aromatic heterocycles. The maximum absolute atomic E-state index is 12.6. The summed E-state index contributed by atoms with van der Waals surface area (Å²) >= 11 is 0. The monoisotopic (exact) mass is 390 g/mol. The lowest BCUT2D eigenvalue weighted by atomic mass is 10.2. The number of furan rings is 1. The highest BCUT2D eigenvalue weighted by Gasteiger charge is 2.16. The summed E-state index contributed by atoms with van der Waals surface area (Å²) in [5.74, 6) is 0.948. The van der Waals surface area contributed by atoms with E-state index in [9.17, 15) is 4.79 Å². The quantitative estimate of drug-likeness (QED) is 0.602. The SMILES string of the molecule is Cl.NCCCN(Cc1ccccc1)C(=O)CCc1nc(-c2ccoc2)no1. The largest absolute Gasteiger partial charge is 0.472 e. The first kappa shape index (κ1) is 20.7. The molecule has 27 heavy (non-hydrogen) atoms. The Balaban J connectivity index is 0.00000261. The number of aryl methyl sites for hydroxylation is 1. The molecule has 3 rings (SSSR count). The molecule has 7 nitrogen and oxygen atoms in total. The van der Waals surface area contributed by atoms with Crippen LogP contribution in [0.3, 0.4) is 0 Å². The molecule has 1 aromatic carbocycles. The third kappa shape index (κ3) is 5.94. The van der Waals surface area contributed by atoms with Crippen LogP contribution in [0.2, 0.25) is 0 Å². The van der Waals surface area contributed by atoms with Crippen LogP contribution >= 0.6 is 12.4 Å². The molecule has 3 aromatic rings. The van der Waals surface area contributed by atoms with Crippen molar-refractivity contribution in [2.24, 2.45) is 5.73 Å². The summed E-state index contributed by atoms with van der Waals surface area (Å²) in [7, 11) is 0. The molecule has 0 spiro atoms. The molecule has 144 valence electrons. The van der Waals surface area contributed by atoms with Crippen LogP contribution in [-0.2, 0) is 17.8 Å². The lowest BCUT2D eigenvalue weighted by Crippen LogP contribution is -2.32. The second-order valence-corrected chi connectivity index (χ2v) is 5.97. The molecule has 8 heteroatoms. The predicted octanol–water partition coefficient (Wildman–Crippen LogP) is 3.06. The smallest absolute Gasteiger partial charge is 0.227 e. The van der Waals surface area contributed by atoms with Crippen LogP contribution in [0.4, 0.5) is 0 Å². The van der Waals surface area contributed by atoms with E-state index in [0.29, 0.717) is 44.2 Å². The summed E-state index contributed by atoms with van der Waals surface area (Å²) in [4.78, 5) is 18.8. The number of halogens is 1. The maximum Gasteiger partial charge on any atom is 0.227 e. The van der Waals surface area contributed by atoms with Gasteiger partial charge in [0.05, 0.1) is 11.8 Å². The first-order chi connectivity index (χ1) is 12.8. The standard InChI is InChI=1S/C19H22N4O3.ClH/c20-10-4-11-23(13-15-5-2-1-3-6-15)18(24)8-7-17-21-19(22-26-17)16-9-12-25-14-16;/h1-3,5-6,9,12,14H,4,7-8,10-11,13,20H2;1H. The third-order valence-corrected chi connectivity index (χ3v) is 4.00. The van der Waals surface area contributed by atoms with E-state index in [-0.39, 0.29) is 18.3 Å². The Hall–Kier alpha value is -2.64. The fourth-order valence-electron chi connectivity index (χ4n) is 2.62. The van der Waals surface area contributed by atoms with Crippen LogP contribution < -0.4 is 5.73 Å². The number of amides is 1. The number of nitrogens with two attached hydrogens (primary N) is 1. The fraction of sp³-hybridized carbons (Fsp3) is 0.316. The zero-order chi connectivity index (χ0) is 18.2. The number of aromatic nitrogens is 2. The number of nitrogens with zero attached hydrogens (tertiary/aromatic N) is 3. The van der Waals surface area contributed by atoms with Crippen LogP contribution in [0, 0.1) is 0 Å². The van der Waals surface area contributed by atoms with Gasteiger partial charge in [0, 0.05) is 25.9 Å². The van der Waals surface area contributed by atoms with Gasteiger partial charge in [-0.05, 0) is 24.6 Å². The normalized spacial score (nSPS) is 10.4. The zero-order valence-corrected chi connectivity index (χ0v) is 15.7. The Morgan fingerprint density at radius 1 is 1.19 bits per heavy atom. The Bertz CT molecular complexity index is 805. The molecule has 0 aliphatic heterocycles. The topological polar surface area (TPSA) is 98.4 Å². The molecule has 0 radical (unpaired) electrons. The third-order valence-electron chi connectivity index (χ3n) is 4.00. The summed E-state index contributed by atoms with van der Waals surface area (Å²) < 4.78 is 10.2. The number of rotatable bonds is 9. The highest BCUT2D eigenvalue weighted by atomic mass is 35.5. The molecular formula is C19H23ClN4O3. The van der Waals surface area contributed by atoms with E-state index in [4.69, 9.17) is 14.7 Å². The molecule has 0 atom stereocenters. The van der Waals surface area contributed by atoms with Gasteiger partial charge >= 0.3 is 0 Å². The molecule has 2 N–H and O–H groups in total. The second-order valence-electron chi connectivity index (χ2n) is 5.97. The second kappa shape index (κ2) is 10.5. The van der Waals surface area contributed by atoms with Crippen LogP contribution in [0.15, 0.2) is 57.9 Å². The van der Waals surface area contributed by atoms with E-state index in [2.05, 4.69) is 10.1 Å². The van der Waals surface area contributed by atoms with Crippen LogP contribution in [0.25, 0.3) is 11.4 Å². The van der Waals surface area contributed by atoms with Gasteiger partial charge in [0.15, 0.2) is 0 Å². The van der Waals surface area contributed by atoms with Gasteiger partial charge in [0.2, 0.25) is 17.6 Å². The minimum Gasteiger partial charge on any atom is -0.472 e. The van der Waals surface area contributed by atoms with Crippen molar-refractivity contribution in [2.45, 2.75) is 25.8 Å². The number of carbonyl (C=O) groups excluding carboxylic acids is 1. The van der Waals surface area contributed by atoms with E-state index < -0.39 is 0 Å². The Kier molecular flexibility index (Phi) is 8.03.